The second kappa shape index (κ2) is 11.3. The maximum absolute atomic E-state index is 13.1. The minimum absolute atomic E-state index is 0.0909. The van der Waals surface area contributed by atoms with Crippen LogP contribution in [0, 0.1) is 19.8 Å². The molecule has 0 saturated carbocycles. The molecule has 2 fully saturated rings. The molecule has 0 atom stereocenters. The van der Waals surface area contributed by atoms with Crippen LogP contribution in [0.3, 0.4) is 0 Å². The van der Waals surface area contributed by atoms with Gasteiger partial charge in [-0.25, -0.2) is 8.42 Å². The summed E-state index contributed by atoms with van der Waals surface area (Å²) in [6.07, 6.45) is 1.37. The number of hydrogen-bond acceptors (Lipinski definition) is 6. The molecular weight excluding hydrogens is 458 g/mol. The molecule has 0 aromatic heterocycles. The number of ether oxygens (including phenoxy) is 1. The molecular formula is C24H35N3O6S. The summed E-state index contributed by atoms with van der Waals surface area (Å²) >= 11 is 0. The van der Waals surface area contributed by atoms with Crippen molar-refractivity contribution >= 4 is 27.8 Å². The van der Waals surface area contributed by atoms with Crippen LogP contribution in [0.4, 0.5) is 0 Å². The van der Waals surface area contributed by atoms with E-state index in [0.29, 0.717) is 56.1 Å². The lowest BCUT2D eigenvalue weighted by Crippen LogP contribution is -2.50. The number of sulfonamides is 1. The predicted octanol–water partition coefficient (Wildman–Crippen LogP) is 1.72. The van der Waals surface area contributed by atoms with E-state index in [-0.39, 0.29) is 49.6 Å². The van der Waals surface area contributed by atoms with Gasteiger partial charge in [-0.2, -0.15) is 4.31 Å². The van der Waals surface area contributed by atoms with E-state index in [9.17, 15) is 22.8 Å². The van der Waals surface area contributed by atoms with Crippen molar-refractivity contribution in [3.05, 3.63) is 29.3 Å². The Balaban J connectivity index is 1.45. The summed E-state index contributed by atoms with van der Waals surface area (Å²) in [6, 6.07) is 5.37. The zero-order valence-corrected chi connectivity index (χ0v) is 21.1. The highest BCUT2D eigenvalue weighted by atomic mass is 32.2. The lowest BCUT2D eigenvalue weighted by Gasteiger charge is -2.34. The van der Waals surface area contributed by atoms with Crippen LogP contribution < -0.4 is 0 Å². The zero-order valence-electron chi connectivity index (χ0n) is 20.3. The van der Waals surface area contributed by atoms with Crippen LogP contribution in [0.25, 0.3) is 0 Å². The van der Waals surface area contributed by atoms with Gasteiger partial charge in [0, 0.05) is 52.1 Å². The van der Waals surface area contributed by atoms with Gasteiger partial charge in [0.1, 0.15) is 0 Å². The lowest BCUT2D eigenvalue weighted by atomic mass is 9.96. The number of piperidine rings is 1. The van der Waals surface area contributed by atoms with Crippen LogP contribution in [0.2, 0.25) is 0 Å². The first-order valence-electron chi connectivity index (χ1n) is 11.9. The fourth-order valence-corrected chi connectivity index (χ4v) is 6.19. The molecule has 0 N–H and O–H groups in total. The van der Waals surface area contributed by atoms with E-state index in [1.807, 2.05) is 13.0 Å². The Kier molecular flexibility index (Phi) is 8.70. The average molecular weight is 494 g/mol. The van der Waals surface area contributed by atoms with Gasteiger partial charge < -0.3 is 14.5 Å². The Bertz CT molecular complexity index is 1010. The standard InChI is InChI=1S/C24H35N3O6S/c1-4-33-24(30)20-9-11-25(12-10-20)22(28)7-8-23(29)26-13-15-27(16-14-26)34(31,32)21-17-18(2)5-6-19(21)3/h5-6,17,20H,4,7-16H2,1-3H3. The molecule has 0 aliphatic carbocycles. The Hall–Kier alpha value is -2.46. The van der Waals surface area contributed by atoms with Crippen LogP contribution in [0.5, 0.6) is 0 Å². The smallest absolute Gasteiger partial charge is 0.309 e. The van der Waals surface area contributed by atoms with Crippen molar-refractivity contribution < 1.29 is 27.5 Å². The van der Waals surface area contributed by atoms with Gasteiger partial charge in [-0.1, -0.05) is 12.1 Å². The summed E-state index contributed by atoms with van der Waals surface area (Å²) in [6.45, 7) is 7.83. The fourth-order valence-electron chi connectivity index (χ4n) is 4.46. The van der Waals surface area contributed by atoms with E-state index < -0.39 is 10.0 Å². The van der Waals surface area contributed by atoms with Crippen molar-refractivity contribution in [2.24, 2.45) is 5.92 Å². The number of aryl methyl sites for hydroxylation is 2. The predicted molar refractivity (Wildman–Crippen MR) is 126 cm³/mol. The highest BCUT2D eigenvalue weighted by Gasteiger charge is 2.32. The topological polar surface area (TPSA) is 104 Å². The van der Waals surface area contributed by atoms with Gasteiger partial charge >= 0.3 is 5.97 Å². The molecule has 3 rings (SSSR count). The molecule has 0 spiro atoms. The van der Waals surface area contributed by atoms with Gasteiger partial charge in [0.15, 0.2) is 0 Å². The summed E-state index contributed by atoms with van der Waals surface area (Å²) in [5.74, 6) is -0.601. The Morgan fingerprint density at radius 3 is 2.03 bits per heavy atom. The van der Waals surface area contributed by atoms with Crippen molar-refractivity contribution in [2.45, 2.75) is 51.3 Å². The summed E-state index contributed by atoms with van der Waals surface area (Å²) in [5.41, 5.74) is 1.58. The summed E-state index contributed by atoms with van der Waals surface area (Å²) in [5, 5.41) is 0. The number of piperazine rings is 1. The summed E-state index contributed by atoms with van der Waals surface area (Å²) in [4.78, 5) is 40.7. The SMILES string of the molecule is CCOC(=O)C1CCN(C(=O)CCC(=O)N2CCN(S(=O)(=O)c3cc(C)ccc3C)CC2)CC1. The summed E-state index contributed by atoms with van der Waals surface area (Å²) < 4.78 is 32.6. The number of likely N-dealkylation sites (tertiary alicyclic amines) is 1. The first-order valence-corrected chi connectivity index (χ1v) is 13.4. The zero-order chi connectivity index (χ0) is 24.9. The molecule has 2 heterocycles. The van der Waals surface area contributed by atoms with E-state index in [0.717, 1.165) is 5.56 Å². The van der Waals surface area contributed by atoms with Crippen LogP contribution >= 0.6 is 0 Å². The van der Waals surface area contributed by atoms with Gasteiger partial charge in [0.2, 0.25) is 21.8 Å². The first kappa shape index (κ1) is 26.2. The maximum Gasteiger partial charge on any atom is 0.309 e. The minimum atomic E-state index is -3.62. The molecule has 0 unspecified atom stereocenters. The van der Waals surface area contributed by atoms with E-state index in [1.54, 1.807) is 35.8 Å². The normalized spacial score (nSPS) is 18.1. The summed E-state index contributed by atoms with van der Waals surface area (Å²) in [7, 11) is -3.62. The third kappa shape index (κ3) is 6.15. The Morgan fingerprint density at radius 1 is 0.912 bits per heavy atom. The number of amides is 2. The quantitative estimate of drug-likeness (QED) is 0.536. The molecule has 2 saturated heterocycles. The molecule has 10 heteroatoms. The van der Waals surface area contributed by atoms with Gasteiger partial charge in [0.25, 0.3) is 0 Å². The van der Waals surface area contributed by atoms with E-state index in [1.165, 1.54) is 4.31 Å². The molecule has 2 amide bonds. The van der Waals surface area contributed by atoms with Crippen LogP contribution in [0.1, 0.15) is 43.7 Å². The van der Waals surface area contributed by atoms with Crippen molar-refractivity contribution in [1.82, 2.24) is 14.1 Å². The van der Waals surface area contributed by atoms with Gasteiger partial charge in [-0.05, 0) is 50.8 Å². The molecule has 188 valence electrons. The Morgan fingerprint density at radius 2 is 1.47 bits per heavy atom. The van der Waals surface area contributed by atoms with Crippen molar-refractivity contribution in [3.8, 4) is 0 Å². The molecule has 1 aromatic carbocycles. The number of esters is 1. The molecule has 0 bridgehead atoms. The van der Waals surface area contributed by atoms with Crippen molar-refractivity contribution in [1.29, 1.82) is 0 Å². The number of hydrogen-bond donors (Lipinski definition) is 0. The molecule has 9 nitrogen and oxygen atoms in total. The average Bonchev–Trinajstić information content (AvgIpc) is 2.84. The number of nitrogens with zero attached hydrogens (tertiary/aromatic N) is 3. The number of rotatable bonds is 7. The number of carbonyl (C=O) groups excluding carboxylic acids is 3. The van der Waals surface area contributed by atoms with Crippen LogP contribution in [-0.4, -0.2) is 86.2 Å². The van der Waals surface area contributed by atoms with E-state index >= 15 is 0 Å². The van der Waals surface area contributed by atoms with Gasteiger partial charge in [-0.15, -0.1) is 0 Å². The maximum atomic E-state index is 13.1. The highest BCUT2D eigenvalue weighted by molar-refractivity contribution is 7.89. The molecule has 1 aromatic rings. The Labute approximate surface area is 202 Å². The molecule has 2 aliphatic heterocycles. The monoisotopic (exact) mass is 493 g/mol. The van der Waals surface area contributed by atoms with E-state index in [4.69, 9.17) is 4.74 Å². The van der Waals surface area contributed by atoms with Crippen LogP contribution in [0.15, 0.2) is 23.1 Å². The second-order valence-electron chi connectivity index (χ2n) is 8.96. The lowest BCUT2D eigenvalue weighted by molar-refractivity contribution is -0.151. The molecule has 0 radical (unpaired) electrons. The number of carbonyl (C=O) groups is 3. The van der Waals surface area contributed by atoms with Crippen LogP contribution in [-0.2, 0) is 29.1 Å². The highest BCUT2D eigenvalue weighted by Crippen LogP contribution is 2.23. The van der Waals surface area contributed by atoms with Crippen molar-refractivity contribution in [3.63, 3.8) is 0 Å². The third-order valence-electron chi connectivity index (χ3n) is 6.57. The van der Waals surface area contributed by atoms with E-state index in [2.05, 4.69) is 0 Å². The van der Waals surface area contributed by atoms with Gasteiger partial charge in [-0.3, -0.25) is 14.4 Å². The fraction of sp³-hybridized carbons (Fsp3) is 0.625. The first-order chi connectivity index (χ1) is 16.1. The molecule has 2 aliphatic rings. The third-order valence-corrected chi connectivity index (χ3v) is 8.61. The molecule has 34 heavy (non-hydrogen) atoms. The number of benzene rings is 1. The minimum Gasteiger partial charge on any atom is -0.466 e. The van der Waals surface area contributed by atoms with Crippen molar-refractivity contribution in [2.75, 3.05) is 45.9 Å². The largest absolute Gasteiger partial charge is 0.466 e. The van der Waals surface area contributed by atoms with Gasteiger partial charge in [0.05, 0.1) is 17.4 Å². The second-order valence-corrected chi connectivity index (χ2v) is 10.9.